The number of nitrogens with one attached hydrogen (secondary N) is 1. The first kappa shape index (κ1) is 14.8. The van der Waals surface area contributed by atoms with Crippen molar-refractivity contribution in [2.24, 2.45) is 0 Å². The molecule has 0 aliphatic rings. The highest BCUT2D eigenvalue weighted by Crippen LogP contribution is 2.22. The topological polar surface area (TPSA) is 79.5 Å². The summed E-state index contributed by atoms with van der Waals surface area (Å²) in [5, 5.41) is 11.1. The molecule has 0 radical (unpaired) electrons. The lowest BCUT2D eigenvalue weighted by molar-refractivity contribution is -0.138. The first-order chi connectivity index (χ1) is 10.0. The predicted octanol–water partition coefficient (Wildman–Crippen LogP) is 2.71. The van der Waals surface area contributed by atoms with Crippen LogP contribution in [0.1, 0.15) is 30.0 Å². The molecule has 1 aromatic heterocycles. The molecular weight excluding hydrogens is 270 g/mol. The normalized spacial score (nSPS) is 11.9. The van der Waals surface area contributed by atoms with Gasteiger partial charge in [0.05, 0.1) is 0 Å². The summed E-state index contributed by atoms with van der Waals surface area (Å²) in [4.78, 5) is 22.5. The van der Waals surface area contributed by atoms with Gasteiger partial charge in [0.2, 0.25) is 0 Å². The summed E-state index contributed by atoms with van der Waals surface area (Å²) in [5.74, 6) is -0.963. The van der Waals surface area contributed by atoms with Crippen LogP contribution in [0, 0.1) is 0 Å². The molecule has 0 spiro atoms. The first-order valence-electron chi connectivity index (χ1n) is 6.74. The lowest BCUT2D eigenvalue weighted by Gasteiger charge is -2.07. The zero-order valence-corrected chi connectivity index (χ0v) is 11.9. The Labute approximate surface area is 122 Å². The minimum atomic E-state index is -1.09. The van der Waals surface area contributed by atoms with Crippen LogP contribution in [0.25, 0.3) is 11.3 Å². The molecule has 21 heavy (non-hydrogen) atoms. The van der Waals surface area contributed by atoms with Crippen LogP contribution in [0.2, 0.25) is 0 Å². The van der Waals surface area contributed by atoms with Crippen molar-refractivity contribution in [3.8, 4) is 11.3 Å². The highest BCUT2D eigenvalue weighted by atomic mass is 16.4. The largest absolute Gasteiger partial charge is 0.480 e. The van der Waals surface area contributed by atoms with E-state index >= 15 is 0 Å². The van der Waals surface area contributed by atoms with Crippen LogP contribution >= 0.6 is 0 Å². The molecule has 0 aliphatic carbocycles. The van der Waals surface area contributed by atoms with Gasteiger partial charge in [-0.3, -0.25) is 9.59 Å². The molecule has 0 saturated carbocycles. The van der Waals surface area contributed by atoms with E-state index in [4.69, 9.17) is 9.52 Å². The van der Waals surface area contributed by atoms with Gasteiger partial charge in [-0.1, -0.05) is 31.2 Å². The Hall–Kier alpha value is -2.56. The number of carboxylic acids is 1. The van der Waals surface area contributed by atoms with Gasteiger partial charge in [0, 0.05) is 5.56 Å². The lowest BCUT2D eigenvalue weighted by atomic mass is 10.1. The Morgan fingerprint density at radius 2 is 1.86 bits per heavy atom. The monoisotopic (exact) mass is 287 g/mol. The molecule has 110 valence electrons. The van der Waals surface area contributed by atoms with E-state index in [1.807, 2.05) is 24.3 Å². The zero-order valence-electron chi connectivity index (χ0n) is 11.9. The van der Waals surface area contributed by atoms with Gasteiger partial charge in [0.15, 0.2) is 5.76 Å². The average Bonchev–Trinajstić information content (AvgIpc) is 2.97. The third kappa shape index (κ3) is 3.51. The smallest absolute Gasteiger partial charge is 0.325 e. The SMILES string of the molecule is CCc1ccc(-c2ccc(C(=O)NC(C)C(=O)O)o2)cc1. The van der Waals surface area contributed by atoms with E-state index in [1.54, 1.807) is 6.07 Å². The molecule has 1 unspecified atom stereocenters. The van der Waals surface area contributed by atoms with Gasteiger partial charge in [0.1, 0.15) is 11.8 Å². The number of rotatable bonds is 5. The Kier molecular flexibility index (Phi) is 4.42. The standard InChI is InChI=1S/C16H17NO4/c1-3-11-4-6-12(7-5-11)13-8-9-14(21-13)15(18)17-10(2)16(19)20/h4-10H,3H2,1-2H3,(H,17,18)(H,19,20). The third-order valence-electron chi connectivity index (χ3n) is 3.19. The van der Waals surface area contributed by atoms with Gasteiger partial charge in [-0.2, -0.15) is 0 Å². The zero-order chi connectivity index (χ0) is 15.4. The molecule has 5 heteroatoms. The van der Waals surface area contributed by atoms with Crippen LogP contribution in [0.15, 0.2) is 40.8 Å². The van der Waals surface area contributed by atoms with Crippen molar-refractivity contribution in [3.05, 3.63) is 47.7 Å². The number of aryl methyl sites for hydroxylation is 1. The highest BCUT2D eigenvalue weighted by molar-refractivity contribution is 5.94. The van der Waals surface area contributed by atoms with Crippen molar-refractivity contribution in [3.63, 3.8) is 0 Å². The Morgan fingerprint density at radius 1 is 1.19 bits per heavy atom. The van der Waals surface area contributed by atoms with Gasteiger partial charge in [-0.15, -0.1) is 0 Å². The number of hydrogen-bond acceptors (Lipinski definition) is 3. The Bertz CT molecular complexity index is 643. The number of benzene rings is 1. The van der Waals surface area contributed by atoms with Crippen LogP contribution in [-0.4, -0.2) is 23.0 Å². The Balaban J connectivity index is 2.13. The van der Waals surface area contributed by atoms with Gasteiger partial charge in [-0.25, -0.2) is 0 Å². The number of furan rings is 1. The fourth-order valence-corrected chi connectivity index (χ4v) is 1.85. The van der Waals surface area contributed by atoms with E-state index in [0.29, 0.717) is 5.76 Å². The van der Waals surface area contributed by atoms with Crippen LogP contribution in [0.3, 0.4) is 0 Å². The van der Waals surface area contributed by atoms with E-state index in [-0.39, 0.29) is 5.76 Å². The number of hydrogen-bond donors (Lipinski definition) is 2. The van der Waals surface area contributed by atoms with Crippen LogP contribution < -0.4 is 5.32 Å². The summed E-state index contributed by atoms with van der Waals surface area (Å²) >= 11 is 0. The van der Waals surface area contributed by atoms with Gasteiger partial charge >= 0.3 is 5.97 Å². The maximum Gasteiger partial charge on any atom is 0.325 e. The van der Waals surface area contributed by atoms with E-state index in [0.717, 1.165) is 12.0 Å². The second-order valence-corrected chi connectivity index (χ2v) is 4.75. The summed E-state index contributed by atoms with van der Waals surface area (Å²) in [6.07, 6.45) is 0.958. The summed E-state index contributed by atoms with van der Waals surface area (Å²) in [5.41, 5.74) is 2.09. The average molecular weight is 287 g/mol. The highest BCUT2D eigenvalue weighted by Gasteiger charge is 2.18. The van der Waals surface area contributed by atoms with E-state index in [2.05, 4.69) is 12.2 Å². The molecule has 1 amide bonds. The molecule has 5 nitrogen and oxygen atoms in total. The minimum Gasteiger partial charge on any atom is -0.480 e. The maximum absolute atomic E-state index is 11.8. The van der Waals surface area contributed by atoms with Gasteiger partial charge in [-0.05, 0) is 31.0 Å². The number of carbonyl (C=O) groups excluding carboxylic acids is 1. The fourth-order valence-electron chi connectivity index (χ4n) is 1.85. The molecule has 0 aliphatic heterocycles. The first-order valence-corrected chi connectivity index (χ1v) is 6.74. The van der Waals surface area contributed by atoms with Crippen LogP contribution in [0.4, 0.5) is 0 Å². The summed E-state index contributed by atoms with van der Waals surface area (Å²) < 4.78 is 5.48. The van der Waals surface area contributed by atoms with E-state index in [1.165, 1.54) is 18.6 Å². The molecule has 1 heterocycles. The molecule has 0 fully saturated rings. The molecule has 0 saturated heterocycles. The van der Waals surface area contributed by atoms with Gasteiger partial charge < -0.3 is 14.8 Å². The molecule has 2 aromatic rings. The van der Waals surface area contributed by atoms with Crippen molar-refractivity contribution in [1.82, 2.24) is 5.32 Å². The summed E-state index contributed by atoms with van der Waals surface area (Å²) in [6.45, 7) is 3.47. The van der Waals surface area contributed by atoms with Crippen molar-refractivity contribution < 1.29 is 19.1 Å². The quantitative estimate of drug-likeness (QED) is 0.886. The second-order valence-electron chi connectivity index (χ2n) is 4.75. The van der Waals surface area contributed by atoms with E-state index < -0.39 is 17.9 Å². The fraction of sp³-hybridized carbons (Fsp3) is 0.250. The number of carbonyl (C=O) groups is 2. The molecule has 1 atom stereocenters. The van der Waals surface area contributed by atoms with Crippen LogP contribution in [0.5, 0.6) is 0 Å². The van der Waals surface area contributed by atoms with E-state index in [9.17, 15) is 9.59 Å². The number of aliphatic carboxylic acids is 1. The van der Waals surface area contributed by atoms with Crippen molar-refractivity contribution >= 4 is 11.9 Å². The third-order valence-corrected chi connectivity index (χ3v) is 3.19. The molecule has 2 rings (SSSR count). The second kappa shape index (κ2) is 6.26. The minimum absolute atomic E-state index is 0.0951. The Morgan fingerprint density at radius 3 is 2.43 bits per heavy atom. The van der Waals surface area contributed by atoms with Crippen molar-refractivity contribution in [2.45, 2.75) is 26.3 Å². The maximum atomic E-state index is 11.8. The molecular formula is C16H17NO4. The van der Waals surface area contributed by atoms with Crippen molar-refractivity contribution in [1.29, 1.82) is 0 Å². The lowest BCUT2D eigenvalue weighted by Crippen LogP contribution is -2.38. The molecule has 1 aromatic carbocycles. The predicted molar refractivity (Wildman–Crippen MR) is 78.1 cm³/mol. The van der Waals surface area contributed by atoms with Gasteiger partial charge in [0.25, 0.3) is 5.91 Å². The van der Waals surface area contributed by atoms with Crippen LogP contribution in [-0.2, 0) is 11.2 Å². The molecule has 0 bridgehead atoms. The van der Waals surface area contributed by atoms with Crippen molar-refractivity contribution in [2.75, 3.05) is 0 Å². The number of carboxylic acid groups (broad SMARTS) is 1. The summed E-state index contributed by atoms with van der Waals surface area (Å²) in [7, 11) is 0. The summed E-state index contributed by atoms with van der Waals surface area (Å²) in [6, 6.07) is 10.1. The molecule has 2 N–H and O–H groups in total. The number of amides is 1.